The summed E-state index contributed by atoms with van der Waals surface area (Å²) in [5.41, 5.74) is 3.05. The van der Waals surface area contributed by atoms with Gasteiger partial charge in [-0.1, -0.05) is 48.5 Å². The Morgan fingerprint density at radius 1 is 0.931 bits per heavy atom. The van der Waals surface area contributed by atoms with E-state index in [9.17, 15) is 16.8 Å². The fraction of sp³-hybridized carbons (Fsp3) is 0.238. The van der Waals surface area contributed by atoms with E-state index in [0.717, 1.165) is 27.5 Å². The van der Waals surface area contributed by atoms with Gasteiger partial charge >= 0.3 is 0 Å². The summed E-state index contributed by atoms with van der Waals surface area (Å²) in [6.07, 6.45) is 1.81. The van der Waals surface area contributed by atoms with E-state index in [-0.39, 0.29) is 12.3 Å². The normalized spacial score (nSPS) is 15.2. The molecule has 8 heteroatoms. The Bertz CT molecular complexity index is 1280. The summed E-state index contributed by atoms with van der Waals surface area (Å²) in [6, 6.07) is 18.6. The first-order valence-corrected chi connectivity index (χ1v) is 12.8. The maximum Gasteiger partial charge on any atom is 0.236 e. The minimum absolute atomic E-state index is 0.138. The van der Waals surface area contributed by atoms with Gasteiger partial charge in [0.2, 0.25) is 20.0 Å². The number of hydrogen-bond donors (Lipinski definition) is 1. The van der Waals surface area contributed by atoms with Crippen LogP contribution in [-0.2, 0) is 38.8 Å². The number of nitrogens with zero attached hydrogens (tertiary/aromatic N) is 1. The average Bonchev–Trinajstić information content (AvgIpc) is 2.66. The first-order valence-electron chi connectivity index (χ1n) is 9.25. The van der Waals surface area contributed by atoms with E-state index in [1.54, 1.807) is 12.1 Å². The van der Waals surface area contributed by atoms with Gasteiger partial charge in [0.05, 0.1) is 12.0 Å². The second-order valence-electron chi connectivity index (χ2n) is 7.33. The summed E-state index contributed by atoms with van der Waals surface area (Å²) in [5, 5.41) is 1.91. The highest BCUT2D eigenvalue weighted by molar-refractivity contribution is 7.92. The number of benzene rings is 3. The van der Waals surface area contributed by atoms with Crippen molar-refractivity contribution in [3.63, 3.8) is 0 Å². The summed E-state index contributed by atoms with van der Waals surface area (Å²) < 4.78 is 53.3. The summed E-state index contributed by atoms with van der Waals surface area (Å²) in [6.45, 7) is 0.699. The fourth-order valence-corrected chi connectivity index (χ4v) is 5.73. The summed E-state index contributed by atoms with van der Waals surface area (Å²) in [4.78, 5) is 0. The van der Waals surface area contributed by atoms with E-state index < -0.39 is 20.0 Å². The summed E-state index contributed by atoms with van der Waals surface area (Å²) in [5.74, 6) is -0.138. The zero-order valence-electron chi connectivity index (χ0n) is 16.0. The monoisotopic (exact) mass is 430 g/mol. The molecular formula is C21H22N2O4S2. The maximum absolute atomic E-state index is 12.8. The minimum atomic E-state index is -3.63. The highest BCUT2D eigenvalue weighted by atomic mass is 32.2. The van der Waals surface area contributed by atoms with Gasteiger partial charge in [0, 0.05) is 18.8 Å². The van der Waals surface area contributed by atoms with Gasteiger partial charge in [-0.3, -0.25) is 4.72 Å². The first kappa shape index (κ1) is 19.9. The Morgan fingerprint density at radius 2 is 1.69 bits per heavy atom. The molecule has 0 spiro atoms. The van der Waals surface area contributed by atoms with Crippen LogP contribution < -0.4 is 4.72 Å². The molecule has 0 amide bonds. The topological polar surface area (TPSA) is 83.6 Å². The van der Waals surface area contributed by atoms with Crippen LogP contribution in [0.4, 0.5) is 5.69 Å². The van der Waals surface area contributed by atoms with Gasteiger partial charge in [0.25, 0.3) is 0 Å². The van der Waals surface area contributed by atoms with Gasteiger partial charge in [-0.15, -0.1) is 0 Å². The van der Waals surface area contributed by atoms with E-state index in [0.29, 0.717) is 18.7 Å². The van der Waals surface area contributed by atoms with Gasteiger partial charge < -0.3 is 0 Å². The number of fused-ring (bicyclic) bond motifs is 2. The molecule has 1 aliphatic rings. The highest BCUT2D eigenvalue weighted by Gasteiger charge is 2.23. The molecule has 0 saturated carbocycles. The molecule has 1 heterocycles. The fourth-order valence-electron chi connectivity index (χ4n) is 3.72. The zero-order chi connectivity index (χ0) is 20.6. The van der Waals surface area contributed by atoms with E-state index in [1.165, 1.54) is 10.6 Å². The van der Waals surface area contributed by atoms with E-state index >= 15 is 0 Å². The van der Waals surface area contributed by atoms with E-state index in [4.69, 9.17) is 0 Å². The van der Waals surface area contributed by atoms with Crippen LogP contribution in [0.15, 0.2) is 60.7 Å². The van der Waals surface area contributed by atoms with Crippen molar-refractivity contribution in [1.82, 2.24) is 4.31 Å². The van der Waals surface area contributed by atoms with Crippen LogP contribution in [0.2, 0.25) is 0 Å². The molecule has 152 valence electrons. The van der Waals surface area contributed by atoms with Crippen LogP contribution in [0.5, 0.6) is 0 Å². The van der Waals surface area contributed by atoms with E-state index in [2.05, 4.69) is 4.72 Å². The van der Waals surface area contributed by atoms with Crippen LogP contribution in [0.1, 0.15) is 16.7 Å². The zero-order valence-corrected chi connectivity index (χ0v) is 17.6. The second-order valence-corrected chi connectivity index (χ2v) is 11.0. The molecular weight excluding hydrogens is 408 g/mol. The third-order valence-electron chi connectivity index (χ3n) is 5.15. The number of sulfonamides is 2. The van der Waals surface area contributed by atoms with Crippen molar-refractivity contribution in [1.29, 1.82) is 0 Å². The van der Waals surface area contributed by atoms with Crippen LogP contribution in [0.3, 0.4) is 0 Å². The van der Waals surface area contributed by atoms with Crippen molar-refractivity contribution in [2.45, 2.75) is 18.7 Å². The highest BCUT2D eigenvalue weighted by Crippen LogP contribution is 2.26. The molecule has 1 N–H and O–H groups in total. The Hall–Kier alpha value is -2.42. The SMILES string of the molecule is CS(=O)(=O)N1CCc2ccc(NS(=O)(=O)Cc3cccc4ccccc34)cc2C1. The minimum Gasteiger partial charge on any atom is -0.283 e. The molecule has 3 aromatic rings. The molecule has 0 saturated heterocycles. The van der Waals surface area contributed by atoms with Crippen molar-refractivity contribution < 1.29 is 16.8 Å². The lowest BCUT2D eigenvalue weighted by Crippen LogP contribution is -2.35. The molecule has 0 radical (unpaired) electrons. The van der Waals surface area contributed by atoms with Crippen LogP contribution in [0.25, 0.3) is 10.8 Å². The molecule has 0 aromatic heterocycles. The number of anilines is 1. The molecule has 0 bridgehead atoms. The quantitative estimate of drug-likeness (QED) is 0.674. The van der Waals surface area contributed by atoms with Gasteiger partial charge in [0.15, 0.2) is 0 Å². The van der Waals surface area contributed by atoms with Gasteiger partial charge in [-0.25, -0.2) is 16.8 Å². The van der Waals surface area contributed by atoms with Crippen molar-refractivity contribution in [3.8, 4) is 0 Å². The predicted octanol–water partition coefficient (Wildman–Crippen LogP) is 3.10. The predicted molar refractivity (Wildman–Crippen MR) is 116 cm³/mol. The van der Waals surface area contributed by atoms with E-state index in [1.807, 2.05) is 48.5 Å². The largest absolute Gasteiger partial charge is 0.283 e. The molecule has 3 aromatic carbocycles. The molecule has 4 rings (SSSR count). The lowest BCUT2D eigenvalue weighted by atomic mass is 10.0. The first-order chi connectivity index (χ1) is 13.7. The molecule has 6 nitrogen and oxygen atoms in total. The molecule has 0 atom stereocenters. The van der Waals surface area contributed by atoms with Gasteiger partial charge in [-0.05, 0) is 46.0 Å². The van der Waals surface area contributed by atoms with Gasteiger partial charge in [-0.2, -0.15) is 4.31 Å². The molecule has 0 unspecified atom stereocenters. The lowest BCUT2D eigenvalue weighted by molar-refractivity contribution is 0.395. The number of rotatable bonds is 5. The molecule has 1 aliphatic heterocycles. The molecule has 0 aliphatic carbocycles. The summed E-state index contributed by atoms with van der Waals surface area (Å²) >= 11 is 0. The number of nitrogens with one attached hydrogen (secondary N) is 1. The summed E-state index contributed by atoms with van der Waals surface area (Å²) in [7, 11) is -6.91. The smallest absolute Gasteiger partial charge is 0.236 e. The number of hydrogen-bond acceptors (Lipinski definition) is 4. The van der Waals surface area contributed by atoms with Crippen molar-refractivity contribution in [3.05, 3.63) is 77.4 Å². The standard InChI is InChI=1S/C21H22N2O4S2/c1-28(24,25)23-12-11-16-9-10-20(13-19(16)14-23)22-29(26,27)15-18-7-4-6-17-5-2-3-8-21(17)18/h2-10,13,22H,11-12,14-15H2,1H3. The Kier molecular flexibility index (Phi) is 5.10. The maximum atomic E-state index is 12.8. The van der Waals surface area contributed by atoms with Crippen molar-refractivity contribution in [2.75, 3.05) is 17.5 Å². The van der Waals surface area contributed by atoms with Gasteiger partial charge in [0.1, 0.15) is 0 Å². The Morgan fingerprint density at radius 3 is 2.48 bits per heavy atom. The van der Waals surface area contributed by atoms with Crippen LogP contribution in [0, 0.1) is 0 Å². The average molecular weight is 431 g/mol. The Balaban J connectivity index is 1.57. The third kappa shape index (κ3) is 4.44. The molecule has 0 fully saturated rings. The van der Waals surface area contributed by atoms with Crippen LogP contribution in [-0.4, -0.2) is 33.9 Å². The lowest BCUT2D eigenvalue weighted by Gasteiger charge is -2.27. The van der Waals surface area contributed by atoms with Crippen molar-refractivity contribution in [2.24, 2.45) is 0 Å². The Labute approximate surface area is 171 Å². The third-order valence-corrected chi connectivity index (χ3v) is 7.64. The van der Waals surface area contributed by atoms with Crippen LogP contribution >= 0.6 is 0 Å². The van der Waals surface area contributed by atoms with Crippen molar-refractivity contribution >= 4 is 36.5 Å². The second kappa shape index (κ2) is 7.44. The molecule has 29 heavy (non-hydrogen) atoms.